The van der Waals surface area contributed by atoms with Crippen molar-refractivity contribution in [2.75, 3.05) is 17.7 Å². The van der Waals surface area contributed by atoms with Gasteiger partial charge < -0.3 is 45.4 Å². The minimum Gasteiger partial charge on any atom is -0.870 e. The molecule has 6 N–H and O–H groups in total. The number of aryl methyl sites for hydroxylation is 2. The standard InChI is InChI=1S/C29H29F2N7O4.C28H27F2N7O4.Li.H2O/c1-5-16(2)34-17-13-19(30)24(20(31)14-17)27(39)35-21(28(40)42-4)15-18-8-9-23(25-33-11-12-37(18)25)38-26-22(7-6-10-32-26)36(3)29(38)41;1-4-15(2)33-16-12-18(29)23(19(30)13-16)26(38)34-20(27(39)40)14-17-7-8-22(24-32-10-11-36(17)24)37-25-21(6-5-9-31-25)35(3)28(37)41;;/h6-14,16,21,34H,5,15H2,1-4H3,(H,35,39);5-13,15,20,33H,4,14H2,1-3H3,(H,34,38)(H,39,40);;1H2/q;;+1;/p-1/t16-,21-;15-,20-;;/m00../s1. The molecule has 0 saturated heterocycles. The Balaban J connectivity index is 0.000000238. The number of halogens is 4. The van der Waals surface area contributed by atoms with Gasteiger partial charge in [0.05, 0.1) is 29.5 Å². The fourth-order valence-corrected chi connectivity index (χ4v) is 9.49. The predicted octanol–water partition coefficient (Wildman–Crippen LogP) is 3.49. The zero-order valence-electron chi connectivity index (χ0n) is 47.3. The Bertz CT molecular complexity index is 4240. The van der Waals surface area contributed by atoms with Crippen molar-refractivity contribution in [2.24, 2.45) is 14.1 Å². The summed E-state index contributed by atoms with van der Waals surface area (Å²) >= 11 is 0. The number of carbonyl (C=O) groups excluding carboxylic acids is 3. The number of hydrogen-bond donors (Lipinski definition) is 5. The number of carbonyl (C=O) groups is 4. The summed E-state index contributed by atoms with van der Waals surface area (Å²) in [5.74, 6) is -8.90. The molecule has 0 aliphatic carbocycles. The van der Waals surface area contributed by atoms with Gasteiger partial charge in [0.15, 0.2) is 22.6 Å². The van der Waals surface area contributed by atoms with Gasteiger partial charge in [0.2, 0.25) is 0 Å². The SMILES string of the molecule is CC[C@H](C)Nc1cc(F)c(C(=O)N[C@@H](Cc2ccc(-n3c(=O)n(C)c4cccnc43)c3nccn23)C(=O)O)c(F)c1.CC[C@H](C)Nc1cc(F)c(C(=O)N[C@@H](Cc2ccc(-n3c(=O)n(C)c4cccnc43)c3nccn23)C(=O)OC)c(F)c1.[Li+].[OH-]. The van der Waals surface area contributed by atoms with Gasteiger partial charge in [0.1, 0.15) is 46.5 Å². The van der Waals surface area contributed by atoms with Gasteiger partial charge >= 0.3 is 42.2 Å². The molecule has 0 radical (unpaired) electrons. The number of fused-ring (bicyclic) bond motifs is 4. The van der Waals surface area contributed by atoms with Crippen LogP contribution in [0.4, 0.5) is 28.9 Å². The Kier molecular flexibility index (Phi) is 19.5. The molecule has 23 nitrogen and oxygen atoms in total. The van der Waals surface area contributed by atoms with E-state index >= 15 is 0 Å². The largest absolute Gasteiger partial charge is 1.00 e. The molecule has 0 saturated carbocycles. The molecule has 8 aromatic heterocycles. The van der Waals surface area contributed by atoms with Gasteiger partial charge in [-0.3, -0.25) is 18.7 Å². The molecule has 2 amide bonds. The number of rotatable bonds is 18. The summed E-state index contributed by atoms with van der Waals surface area (Å²) in [5, 5.41) is 20.4. The molecule has 4 atom stereocenters. The van der Waals surface area contributed by atoms with Crippen LogP contribution in [0.3, 0.4) is 0 Å². The molecular weight excluding hydrogens is 1110 g/mol. The van der Waals surface area contributed by atoms with E-state index in [4.69, 9.17) is 4.74 Å². The molecule has 0 bridgehead atoms. The van der Waals surface area contributed by atoms with Crippen molar-refractivity contribution in [1.82, 2.24) is 57.6 Å². The summed E-state index contributed by atoms with van der Waals surface area (Å²) in [6.45, 7) is 7.53. The zero-order chi connectivity index (χ0) is 59.6. The Labute approximate surface area is 492 Å². The number of carboxylic acids is 1. The number of pyridine rings is 4. The second-order valence-electron chi connectivity index (χ2n) is 19.6. The van der Waals surface area contributed by atoms with Gasteiger partial charge in [-0.25, -0.2) is 65.8 Å². The number of aromatic nitrogens is 10. The van der Waals surface area contributed by atoms with E-state index in [9.17, 15) is 51.4 Å². The van der Waals surface area contributed by atoms with Gasteiger partial charge in [-0.2, -0.15) is 0 Å². The quantitative estimate of drug-likeness (QED) is 0.0467. The van der Waals surface area contributed by atoms with Crippen LogP contribution >= 0.6 is 0 Å². The summed E-state index contributed by atoms with van der Waals surface area (Å²) in [4.78, 5) is 94.4. The number of esters is 1. The molecule has 10 aromatic rings. The van der Waals surface area contributed by atoms with Crippen molar-refractivity contribution in [3.8, 4) is 11.4 Å². The van der Waals surface area contributed by atoms with Crippen molar-refractivity contribution < 1.29 is 70.9 Å². The normalized spacial score (nSPS) is 12.6. The molecule has 0 aliphatic rings. The minimum absolute atomic E-state index is 0. The first-order valence-corrected chi connectivity index (χ1v) is 26.1. The molecule has 438 valence electrons. The fourth-order valence-electron chi connectivity index (χ4n) is 9.49. The van der Waals surface area contributed by atoms with Crippen LogP contribution in [0, 0.1) is 23.3 Å². The topological polar surface area (TPSA) is 290 Å². The van der Waals surface area contributed by atoms with E-state index in [1.54, 1.807) is 96.2 Å². The molecule has 0 aliphatic heterocycles. The predicted molar refractivity (Wildman–Crippen MR) is 301 cm³/mol. The van der Waals surface area contributed by atoms with Crippen LogP contribution in [0.25, 0.3) is 45.0 Å². The maximum Gasteiger partial charge on any atom is 1.00 e. The molecular formula is C57H57F4LiN14O9. The minimum atomic E-state index is -1.53. The molecule has 0 fully saturated rings. The summed E-state index contributed by atoms with van der Waals surface area (Å²) in [6.07, 6.45) is 10.5. The third kappa shape index (κ3) is 12.5. The monoisotopic (exact) mass is 1160 g/mol. The maximum atomic E-state index is 14.9. The Morgan fingerprint density at radius 1 is 0.588 bits per heavy atom. The number of ether oxygens (including phenoxy) is 1. The second-order valence-corrected chi connectivity index (χ2v) is 19.6. The molecule has 0 spiro atoms. The average Bonchev–Trinajstić information content (AvgIpc) is 2.09. The molecule has 28 heteroatoms. The van der Waals surface area contributed by atoms with Crippen molar-refractivity contribution in [3.05, 3.63) is 177 Å². The molecule has 0 unspecified atom stereocenters. The first-order valence-electron chi connectivity index (χ1n) is 26.1. The van der Waals surface area contributed by atoms with Crippen molar-refractivity contribution in [3.63, 3.8) is 0 Å². The van der Waals surface area contributed by atoms with Crippen LogP contribution in [0.1, 0.15) is 72.6 Å². The Hall–Kier alpha value is -9.58. The second kappa shape index (κ2) is 26.3. The number of imidazole rings is 4. The number of nitrogens with zero attached hydrogens (tertiary/aromatic N) is 10. The average molecular weight is 1170 g/mol. The van der Waals surface area contributed by atoms with Gasteiger partial charge in [-0.1, -0.05) is 13.8 Å². The molecule has 10 rings (SSSR count). The Morgan fingerprint density at radius 3 is 1.34 bits per heavy atom. The van der Waals surface area contributed by atoms with Crippen LogP contribution in [-0.4, -0.2) is 113 Å². The van der Waals surface area contributed by atoms with E-state index in [0.717, 1.165) is 37.8 Å². The van der Waals surface area contributed by atoms with E-state index in [0.29, 0.717) is 62.8 Å². The first-order chi connectivity index (χ1) is 39.7. The van der Waals surface area contributed by atoms with Crippen molar-refractivity contribution in [2.45, 2.75) is 77.5 Å². The van der Waals surface area contributed by atoms with Crippen LogP contribution in [-0.2, 0) is 41.3 Å². The number of carboxylic acid groups (broad SMARTS) is 1. The van der Waals surface area contributed by atoms with E-state index in [2.05, 4.69) is 41.2 Å². The number of aliphatic carboxylic acids is 1. The van der Waals surface area contributed by atoms with E-state index in [-0.39, 0.29) is 72.0 Å². The van der Waals surface area contributed by atoms with Gasteiger partial charge in [-0.05, 0) is 99.5 Å². The van der Waals surface area contributed by atoms with Crippen LogP contribution in [0.2, 0.25) is 0 Å². The number of methoxy groups -OCH3 is 1. The summed E-state index contributed by atoms with van der Waals surface area (Å²) < 4.78 is 73.2. The first kappa shape index (κ1) is 63.0. The van der Waals surface area contributed by atoms with E-state index in [1.807, 2.05) is 27.7 Å². The number of amides is 2. The number of benzene rings is 2. The zero-order valence-corrected chi connectivity index (χ0v) is 47.3. The molecule has 8 heterocycles. The van der Waals surface area contributed by atoms with Gasteiger partial charge in [-0.15, -0.1) is 0 Å². The number of nitrogens with one attached hydrogen (secondary N) is 4. The van der Waals surface area contributed by atoms with Gasteiger partial charge in [0, 0.05) is 99.0 Å². The molecule has 85 heavy (non-hydrogen) atoms. The third-order valence-corrected chi connectivity index (χ3v) is 14.2. The fraction of sp³-hybridized carbons (Fsp3) is 0.263. The maximum absolute atomic E-state index is 14.9. The van der Waals surface area contributed by atoms with Crippen LogP contribution in [0.15, 0.2) is 120 Å². The third-order valence-electron chi connectivity index (χ3n) is 14.2. The van der Waals surface area contributed by atoms with E-state index < -0.39 is 70.2 Å². The Morgan fingerprint density at radius 2 is 0.965 bits per heavy atom. The van der Waals surface area contributed by atoms with Crippen LogP contribution < -0.4 is 51.5 Å². The van der Waals surface area contributed by atoms with Crippen molar-refractivity contribution >= 4 is 68.7 Å². The smallest absolute Gasteiger partial charge is 0.870 e. The summed E-state index contributed by atoms with van der Waals surface area (Å²) in [6, 6.07) is 14.7. The van der Waals surface area contributed by atoms with Gasteiger partial charge in [0.25, 0.3) is 11.8 Å². The summed E-state index contributed by atoms with van der Waals surface area (Å²) in [5.41, 5.74) is 2.65. The molecule has 2 aromatic carbocycles. The number of anilines is 2. The summed E-state index contributed by atoms with van der Waals surface area (Å²) in [7, 11) is 4.42. The van der Waals surface area contributed by atoms with Crippen LogP contribution in [0.5, 0.6) is 0 Å². The number of hydrogen-bond acceptors (Lipinski definition) is 14. The van der Waals surface area contributed by atoms with Crippen molar-refractivity contribution in [1.29, 1.82) is 0 Å². The van der Waals surface area contributed by atoms with E-state index in [1.165, 1.54) is 30.7 Å².